The highest BCUT2D eigenvalue weighted by molar-refractivity contribution is 7.86. The first-order chi connectivity index (χ1) is 7.41. The van der Waals surface area contributed by atoms with Crippen LogP contribution in [0.15, 0.2) is 35.2 Å². The molecule has 0 aliphatic carbocycles. The summed E-state index contributed by atoms with van der Waals surface area (Å²) in [5.41, 5.74) is 1.88. The molecule has 3 nitrogen and oxygen atoms in total. The number of rotatable bonds is 1. The zero-order valence-corrected chi connectivity index (χ0v) is 9.88. The summed E-state index contributed by atoms with van der Waals surface area (Å²) in [5.74, 6) is 0. The third-order valence-corrected chi connectivity index (χ3v) is 3.71. The van der Waals surface area contributed by atoms with Crippen molar-refractivity contribution in [3.8, 4) is 0 Å². The zero-order valence-electron chi connectivity index (χ0n) is 9.06. The maximum absolute atomic E-state index is 11.3. The lowest BCUT2D eigenvalue weighted by Gasteiger charge is -2.09. The van der Waals surface area contributed by atoms with Crippen LogP contribution in [-0.2, 0) is 10.1 Å². The van der Waals surface area contributed by atoms with E-state index in [1.165, 1.54) is 6.07 Å². The Hall–Kier alpha value is -1.39. The number of hydrogen-bond acceptors (Lipinski definition) is 2. The second-order valence-electron chi connectivity index (χ2n) is 3.84. The molecule has 84 valence electrons. The van der Waals surface area contributed by atoms with Crippen molar-refractivity contribution in [3.63, 3.8) is 0 Å². The fourth-order valence-corrected chi connectivity index (χ4v) is 2.62. The third-order valence-electron chi connectivity index (χ3n) is 2.81. The molecule has 0 aromatic heterocycles. The molecule has 2 rings (SSSR count). The lowest BCUT2D eigenvalue weighted by molar-refractivity contribution is 0.484. The van der Waals surface area contributed by atoms with Gasteiger partial charge in [-0.15, -0.1) is 0 Å². The Balaban J connectivity index is 3.02. The van der Waals surface area contributed by atoms with Crippen LogP contribution in [0.4, 0.5) is 0 Å². The van der Waals surface area contributed by atoms with Crippen LogP contribution in [0, 0.1) is 13.8 Å². The quantitative estimate of drug-likeness (QED) is 0.774. The molecule has 0 heterocycles. The van der Waals surface area contributed by atoms with Gasteiger partial charge >= 0.3 is 0 Å². The minimum atomic E-state index is -4.17. The Morgan fingerprint density at radius 2 is 1.62 bits per heavy atom. The minimum Gasteiger partial charge on any atom is -0.282 e. The highest BCUT2D eigenvalue weighted by Crippen LogP contribution is 2.28. The van der Waals surface area contributed by atoms with Crippen molar-refractivity contribution in [1.29, 1.82) is 0 Å². The largest absolute Gasteiger partial charge is 0.295 e. The predicted molar refractivity (Wildman–Crippen MR) is 63.2 cm³/mol. The number of hydrogen-bond donors (Lipinski definition) is 1. The van der Waals surface area contributed by atoms with Crippen LogP contribution in [0.1, 0.15) is 11.1 Å². The number of fused-ring (bicyclic) bond motifs is 1. The van der Waals surface area contributed by atoms with E-state index in [0.29, 0.717) is 5.39 Å². The Bertz CT molecular complexity index is 657. The summed E-state index contributed by atoms with van der Waals surface area (Å²) < 4.78 is 31.7. The van der Waals surface area contributed by atoms with E-state index in [9.17, 15) is 13.0 Å². The molecule has 0 aliphatic rings. The van der Waals surface area contributed by atoms with Crippen molar-refractivity contribution < 1.29 is 13.0 Å². The average molecular weight is 236 g/mol. The monoisotopic (exact) mass is 236 g/mol. The smallest absolute Gasteiger partial charge is 0.282 e. The summed E-state index contributed by atoms with van der Waals surface area (Å²) in [7, 11) is -4.17. The molecule has 0 bridgehead atoms. The molecular weight excluding hydrogens is 224 g/mol. The van der Waals surface area contributed by atoms with Gasteiger partial charge < -0.3 is 0 Å². The third kappa shape index (κ3) is 1.70. The molecule has 0 unspecified atom stereocenters. The predicted octanol–water partition coefficient (Wildman–Crippen LogP) is 2.70. The van der Waals surface area contributed by atoms with E-state index in [-0.39, 0.29) is 4.90 Å². The molecule has 2 aromatic rings. The Labute approximate surface area is 94.5 Å². The fourth-order valence-electron chi connectivity index (χ4n) is 1.83. The lowest BCUT2D eigenvalue weighted by atomic mass is 10.0. The van der Waals surface area contributed by atoms with Crippen LogP contribution in [0.3, 0.4) is 0 Å². The average Bonchev–Trinajstić information content (AvgIpc) is 2.22. The Morgan fingerprint density at radius 1 is 1.06 bits per heavy atom. The molecule has 0 aliphatic heterocycles. The standard InChI is InChI=1S/C12H12O3S/c1-8-7-12(16(13,14)15)11-6-4-3-5-10(11)9(8)2/h3-7H,1-2H3,(H,13,14,15). The van der Waals surface area contributed by atoms with Gasteiger partial charge in [0, 0.05) is 5.39 Å². The van der Waals surface area contributed by atoms with Gasteiger partial charge in [-0.3, -0.25) is 4.55 Å². The summed E-state index contributed by atoms with van der Waals surface area (Å²) in [4.78, 5) is -0.0220. The van der Waals surface area contributed by atoms with E-state index in [1.54, 1.807) is 12.1 Å². The Morgan fingerprint density at radius 3 is 2.19 bits per heavy atom. The van der Waals surface area contributed by atoms with Crippen LogP contribution < -0.4 is 0 Å². The first-order valence-electron chi connectivity index (χ1n) is 4.87. The summed E-state index contributed by atoms with van der Waals surface area (Å²) in [6.45, 7) is 3.77. The molecule has 1 N–H and O–H groups in total. The van der Waals surface area contributed by atoms with E-state index < -0.39 is 10.1 Å². The van der Waals surface area contributed by atoms with Crippen molar-refractivity contribution in [2.24, 2.45) is 0 Å². The highest BCUT2D eigenvalue weighted by Gasteiger charge is 2.15. The summed E-state index contributed by atoms with van der Waals surface area (Å²) >= 11 is 0. The van der Waals surface area contributed by atoms with Gasteiger partial charge in [-0.05, 0) is 36.4 Å². The van der Waals surface area contributed by atoms with Crippen molar-refractivity contribution >= 4 is 20.9 Å². The number of aryl methyl sites for hydroxylation is 2. The van der Waals surface area contributed by atoms with Gasteiger partial charge in [0.05, 0.1) is 0 Å². The lowest BCUT2D eigenvalue weighted by Crippen LogP contribution is -2.01. The first-order valence-corrected chi connectivity index (χ1v) is 6.31. The second kappa shape index (κ2) is 3.57. The Kier molecular flexibility index (Phi) is 2.48. The van der Waals surface area contributed by atoms with Gasteiger partial charge in [-0.2, -0.15) is 8.42 Å². The summed E-state index contributed by atoms with van der Waals surface area (Å²) in [6.07, 6.45) is 0. The van der Waals surface area contributed by atoms with Gasteiger partial charge in [-0.1, -0.05) is 24.3 Å². The topological polar surface area (TPSA) is 54.4 Å². The van der Waals surface area contributed by atoms with E-state index in [4.69, 9.17) is 0 Å². The van der Waals surface area contributed by atoms with Gasteiger partial charge in [0.2, 0.25) is 0 Å². The molecule has 0 amide bonds. The molecule has 0 spiro atoms. The molecule has 0 atom stereocenters. The first kappa shape index (κ1) is 11.1. The molecule has 2 aromatic carbocycles. The molecule has 4 heteroatoms. The van der Waals surface area contributed by atoms with Crippen molar-refractivity contribution in [2.75, 3.05) is 0 Å². The van der Waals surface area contributed by atoms with E-state index in [0.717, 1.165) is 16.5 Å². The molecular formula is C12H12O3S. The van der Waals surface area contributed by atoms with Crippen LogP contribution in [0.2, 0.25) is 0 Å². The zero-order chi connectivity index (χ0) is 11.9. The molecule has 0 saturated carbocycles. The van der Waals surface area contributed by atoms with Crippen LogP contribution in [0.5, 0.6) is 0 Å². The maximum Gasteiger partial charge on any atom is 0.295 e. The molecule has 0 saturated heterocycles. The van der Waals surface area contributed by atoms with Crippen molar-refractivity contribution in [3.05, 3.63) is 41.5 Å². The minimum absolute atomic E-state index is 0.0220. The molecule has 0 fully saturated rings. The second-order valence-corrected chi connectivity index (χ2v) is 5.23. The van der Waals surface area contributed by atoms with Crippen molar-refractivity contribution in [1.82, 2.24) is 0 Å². The van der Waals surface area contributed by atoms with E-state index in [2.05, 4.69) is 0 Å². The molecule has 0 radical (unpaired) electrons. The van der Waals surface area contributed by atoms with Crippen LogP contribution in [0.25, 0.3) is 10.8 Å². The molecule has 16 heavy (non-hydrogen) atoms. The normalized spacial score (nSPS) is 11.9. The van der Waals surface area contributed by atoms with E-state index >= 15 is 0 Å². The van der Waals surface area contributed by atoms with Crippen molar-refractivity contribution in [2.45, 2.75) is 18.7 Å². The fraction of sp³-hybridized carbons (Fsp3) is 0.167. The SMILES string of the molecule is Cc1cc(S(=O)(=O)O)c2ccccc2c1C. The highest BCUT2D eigenvalue weighted by atomic mass is 32.2. The maximum atomic E-state index is 11.3. The van der Waals surface area contributed by atoms with Gasteiger partial charge in [0.25, 0.3) is 10.1 Å². The summed E-state index contributed by atoms with van der Waals surface area (Å²) in [5, 5.41) is 1.42. The number of benzene rings is 2. The van der Waals surface area contributed by atoms with Gasteiger partial charge in [0.15, 0.2) is 0 Å². The van der Waals surface area contributed by atoms with E-state index in [1.807, 2.05) is 26.0 Å². The van der Waals surface area contributed by atoms with Crippen LogP contribution in [-0.4, -0.2) is 13.0 Å². The van der Waals surface area contributed by atoms with Gasteiger partial charge in [0.1, 0.15) is 4.90 Å². The van der Waals surface area contributed by atoms with Crippen LogP contribution >= 0.6 is 0 Å². The summed E-state index contributed by atoms with van der Waals surface area (Å²) in [6, 6.07) is 8.67. The van der Waals surface area contributed by atoms with Gasteiger partial charge in [-0.25, -0.2) is 0 Å².